The fourth-order valence-electron chi connectivity index (χ4n) is 3.57. The van der Waals surface area contributed by atoms with Crippen molar-refractivity contribution in [1.29, 1.82) is 0 Å². The quantitative estimate of drug-likeness (QED) is 0.637. The lowest BCUT2D eigenvalue weighted by atomic mass is 10.1. The third-order valence-corrected chi connectivity index (χ3v) is 6.17. The summed E-state index contributed by atoms with van der Waals surface area (Å²) in [6.07, 6.45) is 2.15. The maximum absolute atomic E-state index is 12.0. The van der Waals surface area contributed by atoms with Gasteiger partial charge >= 0.3 is 0 Å². The number of rotatable bonds is 5. The minimum atomic E-state index is 0.0594. The number of nitrogens with zero attached hydrogens (tertiary/aromatic N) is 4. The molecule has 3 aromatic rings. The highest BCUT2D eigenvalue weighted by molar-refractivity contribution is 7.17. The second-order valence-electron chi connectivity index (χ2n) is 7.00. The number of fused-ring (bicyclic) bond motifs is 1. The molecule has 1 fully saturated rings. The van der Waals surface area contributed by atoms with Crippen LogP contribution in [0.4, 0.5) is 0 Å². The maximum atomic E-state index is 12.0. The molecule has 1 saturated heterocycles. The van der Waals surface area contributed by atoms with Gasteiger partial charge in [-0.2, -0.15) is 0 Å². The van der Waals surface area contributed by atoms with Gasteiger partial charge in [-0.05, 0) is 19.1 Å². The lowest BCUT2D eigenvalue weighted by Crippen LogP contribution is -2.49. The summed E-state index contributed by atoms with van der Waals surface area (Å²) < 4.78 is 7.17. The number of thiazole rings is 1. The molecule has 0 atom stereocenters. The molecule has 8 heteroatoms. The van der Waals surface area contributed by atoms with Crippen LogP contribution in [0.25, 0.3) is 16.2 Å². The van der Waals surface area contributed by atoms with Crippen LogP contribution in [-0.4, -0.2) is 65.0 Å². The van der Waals surface area contributed by atoms with E-state index in [9.17, 15) is 4.79 Å². The molecule has 0 saturated carbocycles. The van der Waals surface area contributed by atoms with Gasteiger partial charge < -0.3 is 9.64 Å². The summed E-state index contributed by atoms with van der Waals surface area (Å²) in [6, 6.07) is 7.85. The van der Waals surface area contributed by atoms with Gasteiger partial charge in [-0.1, -0.05) is 23.7 Å². The van der Waals surface area contributed by atoms with Crippen molar-refractivity contribution >= 4 is 33.8 Å². The van der Waals surface area contributed by atoms with Gasteiger partial charge in [0.2, 0.25) is 5.91 Å². The lowest BCUT2D eigenvalue weighted by Gasteiger charge is -2.34. The largest absolute Gasteiger partial charge is 0.375 e. The molecule has 2 aromatic heterocycles. The van der Waals surface area contributed by atoms with E-state index in [2.05, 4.69) is 22.4 Å². The summed E-state index contributed by atoms with van der Waals surface area (Å²) >= 11 is 7.76. The zero-order chi connectivity index (χ0) is 19.7. The van der Waals surface area contributed by atoms with E-state index in [1.54, 1.807) is 18.4 Å². The Bertz CT molecular complexity index is 974. The minimum absolute atomic E-state index is 0.0594. The number of imidazole rings is 1. The Morgan fingerprint density at radius 1 is 1.21 bits per heavy atom. The molecule has 1 aliphatic heterocycles. The number of benzene rings is 1. The SMILES string of the molecule is COCC(=O)N1CCN(Cc2c(-c3ccc(Cl)cc3)nc3sc(C)cn23)CC1. The Hall–Kier alpha value is -1.93. The van der Waals surface area contributed by atoms with E-state index < -0.39 is 0 Å². The molecule has 28 heavy (non-hydrogen) atoms. The van der Waals surface area contributed by atoms with Gasteiger partial charge in [0.1, 0.15) is 6.61 Å². The highest BCUT2D eigenvalue weighted by atomic mass is 35.5. The monoisotopic (exact) mass is 418 g/mol. The highest BCUT2D eigenvalue weighted by Crippen LogP contribution is 2.30. The van der Waals surface area contributed by atoms with Crippen LogP contribution in [0.2, 0.25) is 5.02 Å². The summed E-state index contributed by atoms with van der Waals surface area (Å²) in [5.41, 5.74) is 3.25. The van der Waals surface area contributed by atoms with Gasteiger partial charge in [-0.25, -0.2) is 4.98 Å². The fraction of sp³-hybridized carbons (Fsp3) is 0.400. The van der Waals surface area contributed by atoms with Gasteiger partial charge in [-0.3, -0.25) is 14.1 Å². The van der Waals surface area contributed by atoms with Gasteiger partial charge in [0.25, 0.3) is 0 Å². The number of piperazine rings is 1. The molecule has 1 amide bonds. The number of carbonyl (C=O) groups excluding carboxylic acids is 1. The average Bonchev–Trinajstić information content (AvgIpc) is 3.20. The number of aromatic nitrogens is 2. The highest BCUT2D eigenvalue weighted by Gasteiger charge is 2.24. The van der Waals surface area contributed by atoms with E-state index in [4.69, 9.17) is 21.3 Å². The molecular formula is C20H23ClN4O2S. The number of amides is 1. The predicted octanol–water partition coefficient (Wildman–Crippen LogP) is 3.32. The number of halogens is 1. The number of ether oxygens (including phenoxy) is 1. The molecule has 0 N–H and O–H groups in total. The Labute approximate surface area is 173 Å². The summed E-state index contributed by atoms with van der Waals surface area (Å²) in [7, 11) is 1.56. The van der Waals surface area contributed by atoms with Crippen LogP contribution in [0.5, 0.6) is 0 Å². The predicted molar refractivity (Wildman–Crippen MR) is 112 cm³/mol. The third kappa shape index (κ3) is 3.93. The molecule has 0 bridgehead atoms. The smallest absolute Gasteiger partial charge is 0.248 e. The molecule has 0 unspecified atom stereocenters. The zero-order valence-corrected chi connectivity index (χ0v) is 17.6. The van der Waals surface area contributed by atoms with Crippen LogP contribution in [-0.2, 0) is 16.1 Å². The van der Waals surface area contributed by atoms with Crippen LogP contribution < -0.4 is 0 Å². The van der Waals surface area contributed by atoms with Crippen molar-refractivity contribution in [3.8, 4) is 11.3 Å². The van der Waals surface area contributed by atoms with Crippen molar-refractivity contribution < 1.29 is 9.53 Å². The van der Waals surface area contributed by atoms with Crippen LogP contribution in [0.15, 0.2) is 30.5 Å². The minimum Gasteiger partial charge on any atom is -0.375 e. The van der Waals surface area contributed by atoms with Crippen molar-refractivity contribution in [2.45, 2.75) is 13.5 Å². The summed E-state index contributed by atoms with van der Waals surface area (Å²) in [4.78, 5) is 23.4. The van der Waals surface area contributed by atoms with E-state index in [-0.39, 0.29) is 12.5 Å². The first-order valence-corrected chi connectivity index (χ1v) is 10.5. The number of aryl methyl sites for hydroxylation is 1. The van der Waals surface area contributed by atoms with Crippen molar-refractivity contribution in [2.24, 2.45) is 0 Å². The van der Waals surface area contributed by atoms with E-state index in [0.29, 0.717) is 0 Å². The van der Waals surface area contributed by atoms with Gasteiger partial charge in [-0.15, -0.1) is 11.3 Å². The zero-order valence-electron chi connectivity index (χ0n) is 16.0. The lowest BCUT2D eigenvalue weighted by molar-refractivity contribution is -0.136. The maximum Gasteiger partial charge on any atom is 0.248 e. The van der Waals surface area contributed by atoms with E-state index in [1.807, 2.05) is 29.2 Å². The number of hydrogen-bond acceptors (Lipinski definition) is 5. The Morgan fingerprint density at radius 3 is 2.61 bits per heavy atom. The summed E-state index contributed by atoms with van der Waals surface area (Å²) in [6.45, 7) is 6.18. The van der Waals surface area contributed by atoms with E-state index >= 15 is 0 Å². The third-order valence-electron chi connectivity index (χ3n) is 5.02. The fourth-order valence-corrected chi connectivity index (χ4v) is 4.54. The van der Waals surface area contributed by atoms with Crippen LogP contribution in [0.1, 0.15) is 10.6 Å². The van der Waals surface area contributed by atoms with Crippen molar-refractivity contribution in [2.75, 3.05) is 39.9 Å². The first kappa shape index (κ1) is 19.4. The van der Waals surface area contributed by atoms with Crippen molar-refractivity contribution in [3.63, 3.8) is 0 Å². The Kier molecular flexibility index (Phi) is 5.68. The van der Waals surface area contributed by atoms with Crippen LogP contribution in [0.3, 0.4) is 0 Å². The summed E-state index contributed by atoms with van der Waals surface area (Å²) in [5.74, 6) is 0.0594. The van der Waals surface area contributed by atoms with Crippen LogP contribution >= 0.6 is 22.9 Å². The Balaban J connectivity index is 1.57. The molecule has 0 radical (unpaired) electrons. The first-order valence-electron chi connectivity index (χ1n) is 9.27. The molecule has 4 rings (SSSR count). The van der Waals surface area contributed by atoms with Crippen molar-refractivity contribution in [1.82, 2.24) is 19.2 Å². The average molecular weight is 419 g/mol. The van der Waals surface area contributed by atoms with Crippen LogP contribution in [0, 0.1) is 6.92 Å². The van der Waals surface area contributed by atoms with Gasteiger partial charge in [0.05, 0.1) is 11.4 Å². The molecular weight excluding hydrogens is 396 g/mol. The van der Waals surface area contributed by atoms with Gasteiger partial charge in [0, 0.05) is 61.5 Å². The summed E-state index contributed by atoms with van der Waals surface area (Å²) in [5, 5.41) is 0.721. The second kappa shape index (κ2) is 8.21. The van der Waals surface area contributed by atoms with Crippen molar-refractivity contribution in [3.05, 3.63) is 46.1 Å². The van der Waals surface area contributed by atoms with Gasteiger partial charge in [0.15, 0.2) is 4.96 Å². The standard InChI is InChI=1S/C20H23ClN4O2S/c1-14-11-25-17(12-23-7-9-24(10-8-23)18(26)13-27-2)19(22-20(25)28-14)15-3-5-16(21)6-4-15/h3-6,11H,7-10,12-13H2,1-2H3. The second-order valence-corrected chi connectivity index (χ2v) is 8.65. The first-order chi connectivity index (χ1) is 13.5. The molecule has 1 aliphatic rings. The molecule has 0 spiro atoms. The molecule has 1 aromatic carbocycles. The topological polar surface area (TPSA) is 50.1 Å². The molecule has 3 heterocycles. The molecule has 6 nitrogen and oxygen atoms in total. The van der Waals surface area contributed by atoms with E-state index in [0.717, 1.165) is 54.0 Å². The number of carbonyl (C=O) groups is 1. The molecule has 0 aliphatic carbocycles. The normalized spacial score (nSPS) is 15.5. The Morgan fingerprint density at radius 2 is 1.93 bits per heavy atom. The molecule has 148 valence electrons. The number of hydrogen-bond donors (Lipinski definition) is 0. The number of methoxy groups -OCH3 is 1. The van der Waals surface area contributed by atoms with E-state index in [1.165, 1.54) is 10.6 Å².